The van der Waals surface area contributed by atoms with Crippen molar-refractivity contribution in [3.63, 3.8) is 0 Å². The number of aryl methyl sites for hydroxylation is 1. The number of rotatable bonds is 6. The summed E-state index contributed by atoms with van der Waals surface area (Å²) in [6.45, 7) is 5.60. The third kappa shape index (κ3) is 4.13. The molecule has 1 aromatic carbocycles. The quantitative estimate of drug-likeness (QED) is 0.792. The van der Waals surface area contributed by atoms with E-state index in [0.717, 1.165) is 29.2 Å². The fourth-order valence-corrected chi connectivity index (χ4v) is 2.40. The van der Waals surface area contributed by atoms with Crippen LogP contribution in [0.2, 0.25) is 0 Å². The van der Waals surface area contributed by atoms with Gasteiger partial charge in [0.15, 0.2) is 5.11 Å². The Balaban J connectivity index is 1.98. The van der Waals surface area contributed by atoms with Crippen LogP contribution < -0.4 is 20.1 Å². The molecule has 0 radical (unpaired) electrons. The van der Waals surface area contributed by atoms with E-state index in [4.69, 9.17) is 21.7 Å². The van der Waals surface area contributed by atoms with Gasteiger partial charge < -0.3 is 20.1 Å². The van der Waals surface area contributed by atoms with Crippen molar-refractivity contribution in [3.8, 4) is 11.5 Å². The van der Waals surface area contributed by atoms with Gasteiger partial charge in [0.25, 0.3) is 0 Å². The Morgan fingerprint density at radius 2 is 2.09 bits per heavy atom. The number of hydrogen-bond acceptors (Lipinski definition) is 4. The molecule has 0 saturated carbocycles. The van der Waals surface area contributed by atoms with Crippen LogP contribution in [0.25, 0.3) is 0 Å². The molecule has 0 aliphatic carbocycles. The number of thiocarbonyl (C=S) groups is 1. The number of nitrogens with one attached hydrogen (secondary N) is 2. The molecule has 2 N–H and O–H groups in total. The lowest BCUT2D eigenvalue weighted by Gasteiger charge is -2.14. The number of methoxy groups -OCH3 is 2. The molecule has 0 bridgehead atoms. The number of benzene rings is 1. The lowest BCUT2D eigenvalue weighted by molar-refractivity contribution is 0.395. The average molecular weight is 334 g/mol. The molecule has 0 unspecified atom stereocenters. The van der Waals surface area contributed by atoms with E-state index in [1.165, 1.54) is 0 Å². The highest BCUT2D eigenvalue weighted by atomic mass is 32.1. The van der Waals surface area contributed by atoms with Crippen LogP contribution in [0.4, 0.5) is 5.69 Å². The largest absolute Gasteiger partial charge is 0.497 e. The maximum Gasteiger partial charge on any atom is 0.171 e. The van der Waals surface area contributed by atoms with Gasteiger partial charge in [-0.25, -0.2) is 0 Å². The van der Waals surface area contributed by atoms with E-state index in [9.17, 15) is 0 Å². The van der Waals surface area contributed by atoms with E-state index >= 15 is 0 Å². The predicted octanol–water partition coefficient (Wildman–Crippen LogP) is 2.72. The number of hydrogen-bond donors (Lipinski definition) is 2. The second kappa shape index (κ2) is 7.82. The van der Waals surface area contributed by atoms with Crippen molar-refractivity contribution in [3.05, 3.63) is 35.7 Å². The summed E-state index contributed by atoms with van der Waals surface area (Å²) in [5.74, 6) is 1.40. The van der Waals surface area contributed by atoms with Crippen LogP contribution in [0.15, 0.2) is 24.4 Å². The molecule has 124 valence electrons. The number of nitrogens with zero attached hydrogens (tertiary/aromatic N) is 2. The van der Waals surface area contributed by atoms with E-state index < -0.39 is 0 Å². The van der Waals surface area contributed by atoms with E-state index in [1.807, 2.05) is 23.0 Å². The summed E-state index contributed by atoms with van der Waals surface area (Å²) in [7, 11) is 3.23. The minimum absolute atomic E-state index is 0.525. The van der Waals surface area contributed by atoms with Gasteiger partial charge >= 0.3 is 0 Å². The first-order chi connectivity index (χ1) is 11.1. The second-order valence-electron chi connectivity index (χ2n) is 4.94. The smallest absolute Gasteiger partial charge is 0.171 e. The van der Waals surface area contributed by atoms with Gasteiger partial charge in [-0.3, -0.25) is 4.68 Å². The van der Waals surface area contributed by atoms with Crippen molar-refractivity contribution in [2.75, 3.05) is 19.5 Å². The summed E-state index contributed by atoms with van der Waals surface area (Å²) >= 11 is 5.35. The molecule has 0 spiro atoms. The lowest BCUT2D eigenvalue weighted by atomic mass is 10.2. The fourth-order valence-electron chi connectivity index (χ4n) is 2.22. The summed E-state index contributed by atoms with van der Waals surface area (Å²) in [6, 6.07) is 5.52. The molecule has 0 aliphatic heterocycles. The van der Waals surface area contributed by atoms with Crippen LogP contribution in [-0.4, -0.2) is 29.1 Å². The zero-order chi connectivity index (χ0) is 16.8. The Labute approximate surface area is 141 Å². The summed E-state index contributed by atoms with van der Waals surface area (Å²) in [4.78, 5) is 0. The first-order valence-electron chi connectivity index (χ1n) is 7.37. The minimum Gasteiger partial charge on any atom is -0.497 e. The molecule has 2 aromatic rings. The average Bonchev–Trinajstić information content (AvgIpc) is 2.93. The first-order valence-corrected chi connectivity index (χ1v) is 7.78. The summed E-state index contributed by atoms with van der Waals surface area (Å²) < 4.78 is 12.5. The van der Waals surface area contributed by atoms with Crippen LogP contribution >= 0.6 is 12.2 Å². The highest BCUT2D eigenvalue weighted by Crippen LogP contribution is 2.28. The van der Waals surface area contributed by atoms with E-state index in [-0.39, 0.29) is 0 Å². The molecule has 0 fully saturated rings. The maximum absolute atomic E-state index is 5.35. The Morgan fingerprint density at radius 1 is 1.30 bits per heavy atom. The molecule has 1 heterocycles. The Kier molecular flexibility index (Phi) is 5.81. The Morgan fingerprint density at radius 3 is 2.70 bits per heavy atom. The molecule has 23 heavy (non-hydrogen) atoms. The van der Waals surface area contributed by atoms with Crippen LogP contribution in [0.5, 0.6) is 11.5 Å². The van der Waals surface area contributed by atoms with E-state index in [0.29, 0.717) is 17.4 Å². The highest BCUT2D eigenvalue weighted by Gasteiger charge is 2.08. The molecule has 0 aliphatic rings. The molecule has 2 rings (SSSR count). The first kappa shape index (κ1) is 17.1. The van der Waals surface area contributed by atoms with Crippen LogP contribution in [0.3, 0.4) is 0 Å². The summed E-state index contributed by atoms with van der Waals surface area (Å²) in [5, 5.41) is 11.2. The molecular weight excluding hydrogens is 312 g/mol. The molecule has 0 atom stereocenters. The zero-order valence-electron chi connectivity index (χ0n) is 13.8. The van der Waals surface area contributed by atoms with Crippen molar-refractivity contribution in [1.82, 2.24) is 15.1 Å². The molecular formula is C16H22N4O2S. The van der Waals surface area contributed by atoms with Gasteiger partial charge in [-0.15, -0.1) is 0 Å². The maximum atomic E-state index is 5.35. The van der Waals surface area contributed by atoms with Gasteiger partial charge in [0.05, 0.1) is 26.1 Å². The summed E-state index contributed by atoms with van der Waals surface area (Å²) in [6.07, 6.45) is 1.86. The van der Waals surface area contributed by atoms with Gasteiger partial charge in [0.1, 0.15) is 11.5 Å². The van der Waals surface area contributed by atoms with Gasteiger partial charge in [0, 0.05) is 30.4 Å². The summed E-state index contributed by atoms with van der Waals surface area (Å²) in [5.41, 5.74) is 3.05. The Bertz CT molecular complexity index is 685. The molecule has 6 nitrogen and oxygen atoms in total. The standard InChI is InChI=1S/C16H22N4O2S/c1-5-20-11(2)12(10-18-20)9-17-16(23)19-14-7-6-13(21-3)8-15(14)22-4/h6-8,10H,5,9H2,1-4H3,(H2,17,19,23). The molecule has 7 heteroatoms. The highest BCUT2D eigenvalue weighted by molar-refractivity contribution is 7.80. The van der Waals surface area contributed by atoms with Gasteiger partial charge in [-0.1, -0.05) is 0 Å². The fraction of sp³-hybridized carbons (Fsp3) is 0.375. The molecule has 0 amide bonds. The van der Waals surface area contributed by atoms with Crippen molar-refractivity contribution in [2.45, 2.75) is 26.9 Å². The molecule has 1 aromatic heterocycles. The van der Waals surface area contributed by atoms with Gasteiger partial charge in [-0.05, 0) is 38.2 Å². The van der Waals surface area contributed by atoms with Crippen molar-refractivity contribution in [1.29, 1.82) is 0 Å². The van der Waals surface area contributed by atoms with Crippen LogP contribution in [-0.2, 0) is 13.1 Å². The van der Waals surface area contributed by atoms with Crippen LogP contribution in [0.1, 0.15) is 18.2 Å². The predicted molar refractivity (Wildman–Crippen MR) is 95.2 cm³/mol. The zero-order valence-corrected chi connectivity index (χ0v) is 14.7. The second-order valence-corrected chi connectivity index (χ2v) is 5.35. The number of ether oxygens (including phenoxy) is 2. The van der Waals surface area contributed by atoms with Crippen molar-refractivity contribution >= 4 is 23.0 Å². The number of aromatic nitrogens is 2. The Hall–Kier alpha value is -2.28. The third-order valence-corrected chi connectivity index (χ3v) is 3.85. The minimum atomic E-state index is 0.525. The SMILES string of the molecule is CCn1ncc(CNC(=S)Nc2ccc(OC)cc2OC)c1C. The van der Waals surface area contributed by atoms with Gasteiger partial charge in [0.2, 0.25) is 0 Å². The van der Waals surface area contributed by atoms with E-state index in [2.05, 4.69) is 29.6 Å². The van der Waals surface area contributed by atoms with Crippen molar-refractivity contribution in [2.24, 2.45) is 0 Å². The topological polar surface area (TPSA) is 60.3 Å². The normalized spacial score (nSPS) is 10.3. The third-order valence-electron chi connectivity index (χ3n) is 3.60. The van der Waals surface area contributed by atoms with Crippen LogP contribution in [0, 0.1) is 6.92 Å². The van der Waals surface area contributed by atoms with Crippen molar-refractivity contribution < 1.29 is 9.47 Å². The molecule has 0 saturated heterocycles. The number of anilines is 1. The lowest BCUT2D eigenvalue weighted by Crippen LogP contribution is -2.28. The van der Waals surface area contributed by atoms with Gasteiger partial charge in [-0.2, -0.15) is 5.10 Å². The van der Waals surface area contributed by atoms with E-state index in [1.54, 1.807) is 20.3 Å². The monoisotopic (exact) mass is 334 g/mol.